The minimum absolute atomic E-state index is 0.0392. The molecule has 0 aromatic heterocycles. The van der Waals surface area contributed by atoms with E-state index >= 15 is 0 Å². The number of hydrogen-bond acceptors (Lipinski definition) is 0. The maximum Gasteiger partial charge on any atom is 0.0300 e. The van der Waals surface area contributed by atoms with Gasteiger partial charge in [0.25, 0.3) is 0 Å². The molecule has 0 unspecified atom stereocenters. The molecule has 64 heavy (non-hydrogen) atoms. The Labute approximate surface area is 420 Å². The van der Waals surface area contributed by atoms with E-state index in [4.69, 9.17) is 0 Å². The third kappa shape index (κ3) is 11.4. The molecule has 0 heterocycles. The van der Waals surface area contributed by atoms with Crippen LogP contribution in [0.5, 0.6) is 0 Å². The lowest BCUT2D eigenvalue weighted by Crippen LogP contribution is -2.18. The van der Waals surface area contributed by atoms with Gasteiger partial charge in [-0.25, -0.2) is 0 Å². The molecule has 0 fully saturated rings. The second kappa shape index (κ2) is 17.3. The van der Waals surface area contributed by atoms with Crippen molar-refractivity contribution in [3.8, 4) is 44.5 Å². The quantitative estimate of drug-likeness (QED) is 0.157. The van der Waals surface area contributed by atoms with Gasteiger partial charge in [0.1, 0.15) is 0 Å². The second-order valence-corrected chi connectivity index (χ2v) is 29.5. The standard InChI is InChI=1S/C62H84I2/c1-55(2,3)41-25-37(26-42(33-41)56(4,5)6)49-50(38-27-43(57(7,8)9)34-44(28-38)58(10,11)12)54(64)52(40-31-47(61(19,20)21)36-48(32-40)62(22,23)24)51(53(49)63)39-29-45(59(13,14)15)35-46(30-39)60(16,17)18/h25-36H,1-24H3. The zero-order valence-corrected chi connectivity index (χ0v) is 49.0. The van der Waals surface area contributed by atoms with Crippen molar-refractivity contribution >= 4 is 45.2 Å². The van der Waals surface area contributed by atoms with Crippen LogP contribution in [-0.4, -0.2) is 0 Å². The smallest absolute Gasteiger partial charge is 0.0300 e. The minimum atomic E-state index is -0.0392. The molecule has 0 nitrogen and oxygen atoms in total. The van der Waals surface area contributed by atoms with Gasteiger partial charge in [0, 0.05) is 29.4 Å². The first kappa shape index (κ1) is 52.5. The molecule has 5 aromatic carbocycles. The molecular weight excluding hydrogens is 998 g/mol. The van der Waals surface area contributed by atoms with Crippen LogP contribution < -0.4 is 0 Å². The van der Waals surface area contributed by atoms with Gasteiger partial charge < -0.3 is 0 Å². The zero-order valence-electron chi connectivity index (χ0n) is 44.7. The van der Waals surface area contributed by atoms with Gasteiger partial charge in [-0.1, -0.05) is 239 Å². The summed E-state index contributed by atoms with van der Waals surface area (Å²) in [6.07, 6.45) is 0. The molecule has 0 saturated carbocycles. The molecule has 0 aliphatic heterocycles. The van der Waals surface area contributed by atoms with Crippen LogP contribution in [0.4, 0.5) is 0 Å². The summed E-state index contributed by atoms with van der Waals surface area (Å²) in [6.45, 7) is 56.8. The Hall–Kier alpha value is -2.44. The van der Waals surface area contributed by atoms with Gasteiger partial charge in [-0.05, 0) is 155 Å². The minimum Gasteiger partial charge on any atom is -0.0561 e. The van der Waals surface area contributed by atoms with E-state index in [1.165, 1.54) is 96.2 Å². The van der Waals surface area contributed by atoms with Gasteiger partial charge in [-0.15, -0.1) is 0 Å². The summed E-state index contributed by atoms with van der Waals surface area (Å²) in [7, 11) is 0. The highest BCUT2D eigenvalue weighted by Gasteiger charge is 2.33. The fourth-order valence-electron chi connectivity index (χ4n) is 8.33. The SMILES string of the molecule is CC(C)(C)c1cc(-c2c(I)c(-c3cc(C(C)(C)C)cc(C(C)(C)C)c3)c(-c3cc(C(C)(C)C)cc(C(C)(C)C)c3)c(I)c2-c2cc(C(C)(C)C)cc(C(C)(C)C)c2)cc(C(C)(C)C)c1. The molecule has 0 N–H and O–H groups in total. The maximum atomic E-state index is 2.80. The van der Waals surface area contributed by atoms with Gasteiger partial charge in [0.15, 0.2) is 0 Å². The van der Waals surface area contributed by atoms with Crippen LogP contribution in [-0.2, 0) is 43.3 Å². The topological polar surface area (TPSA) is 0 Å². The monoisotopic (exact) mass is 1080 g/mol. The van der Waals surface area contributed by atoms with Crippen molar-refractivity contribution in [2.24, 2.45) is 0 Å². The van der Waals surface area contributed by atoms with E-state index < -0.39 is 0 Å². The molecule has 2 heteroatoms. The van der Waals surface area contributed by atoms with E-state index in [1.807, 2.05) is 0 Å². The molecule has 5 rings (SSSR count). The van der Waals surface area contributed by atoms with E-state index in [2.05, 4.69) is 284 Å². The Balaban J connectivity index is 2.25. The van der Waals surface area contributed by atoms with Crippen molar-refractivity contribution in [2.45, 2.75) is 209 Å². The van der Waals surface area contributed by atoms with Gasteiger partial charge in [-0.3, -0.25) is 0 Å². The number of halogens is 2. The van der Waals surface area contributed by atoms with Crippen molar-refractivity contribution < 1.29 is 0 Å². The van der Waals surface area contributed by atoms with Gasteiger partial charge in [-0.2, -0.15) is 0 Å². The van der Waals surface area contributed by atoms with Gasteiger partial charge in [0.2, 0.25) is 0 Å². The highest BCUT2D eigenvalue weighted by atomic mass is 127. The molecule has 0 aliphatic rings. The Morgan fingerprint density at radius 3 is 0.406 bits per heavy atom. The van der Waals surface area contributed by atoms with E-state index in [-0.39, 0.29) is 43.3 Å². The van der Waals surface area contributed by atoms with Crippen LogP contribution in [0.3, 0.4) is 0 Å². The summed E-state index contributed by atoms with van der Waals surface area (Å²) >= 11 is 5.59. The molecule has 0 radical (unpaired) electrons. The predicted octanol–water partition coefficient (Wildman–Crippen LogP) is 19.9. The zero-order chi connectivity index (χ0) is 48.9. The van der Waals surface area contributed by atoms with Crippen LogP contribution in [0.1, 0.15) is 211 Å². The lowest BCUT2D eigenvalue weighted by molar-refractivity contribution is 0.568. The van der Waals surface area contributed by atoms with Crippen molar-refractivity contribution in [1.82, 2.24) is 0 Å². The maximum absolute atomic E-state index is 2.80. The lowest BCUT2D eigenvalue weighted by Gasteiger charge is -2.32. The average molecular weight is 1080 g/mol. The highest BCUT2D eigenvalue weighted by Crippen LogP contribution is 2.53. The first-order valence-electron chi connectivity index (χ1n) is 23.8. The fourth-order valence-corrected chi connectivity index (χ4v) is 10.6. The van der Waals surface area contributed by atoms with Crippen LogP contribution in [0.15, 0.2) is 72.8 Å². The molecule has 0 spiro atoms. The molecule has 0 saturated heterocycles. The van der Waals surface area contributed by atoms with Crippen molar-refractivity contribution in [1.29, 1.82) is 0 Å². The Bertz CT molecular complexity index is 2070. The Morgan fingerprint density at radius 1 is 0.203 bits per heavy atom. The highest BCUT2D eigenvalue weighted by molar-refractivity contribution is 14.1. The lowest BCUT2D eigenvalue weighted by atomic mass is 9.74. The Morgan fingerprint density at radius 2 is 0.312 bits per heavy atom. The molecule has 0 atom stereocenters. The van der Waals surface area contributed by atoms with E-state index in [1.54, 1.807) is 0 Å². The third-order valence-electron chi connectivity index (χ3n) is 13.2. The summed E-state index contributed by atoms with van der Waals surface area (Å²) in [5.41, 5.74) is 21.1. The number of hydrogen-bond donors (Lipinski definition) is 0. The summed E-state index contributed by atoms with van der Waals surface area (Å²) in [6, 6.07) is 30.1. The molecule has 0 amide bonds. The first-order valence-corrected chi connectivity index (χ1v) is 26.0. The van der Waals surface area contributed by atoms with Crippen LogP contribution in [0, 0.1) is 7.14 Å². The summed E-state index contributed by atoms with van der Waals surface area (Å²) < 4.78 is 2.61. The van der Waals surface area contributed by atoms with Crippen molar-refractivity contribution in [3.63, 3.8) is 0 Å². The van der Waals surface area contributed by atoms with Crippen LogP contribution in [0.25, 0.3) is 44.5 Å². The van der Waals surface area contributed by atoms with Gasteiger partial charge >= 0.3 is 0 Å². The van der Waals surface area contributed by atoms with Gasteiger partial charge in [0.05, 0.1) is 0 Å². The fraction of sp³-hybridized carbons (Fsp3) is 0.516. The third-order valence-corrected chi connectivity index (χ3v) is 15.4. The molecular formula is C62H84I2. The predicted molar refractivity (Wildman–Crippen MR) is 303 cm³/mol. The molecule has 0 aliphatic carbocycles. The molecule has 346 valence electrons. The average Bonchev–Trinajstić information content (AvgIpc) is 3.11. The second-order valence-electron chi connectivity index (χ2n) is 27.3. The number of benzene rings is 5. The Kier molecular flexibility index (Phi) is 14.2. The normalized spacial score (nSPS) is 13.8. The van der Waals surface area contributed by atoms with Crippen LogP contribution in [0.2, 0.25) is 0 Å². The van der Waals surface area contributed by atoms with Crippen molar-refractivity contribution in [2.75, 3.05) is 0 Å². The van der Waals surface area contributed by atoms with Crippen LogP contribution >= 0.6 is 45.2 Å². The van der Waals surface area contributed by atoms with Crippen molar-refractivity contribution in [3.05, 3.63) is 124 Å². The summed E-state index contributed by atoms with van der Waals surface area (Å²) in [4.78, 5) is 0. The summed E-state index contributed by atoms with van der Waals surface area (Å²) in [5, 5.41) is 0. The summed E-state index contributed by atoms with van der Waals surface area (Å²) in [5.74, 6) is 0. The number of rotatable bonds is 4. The first-order chi connectivity index (χ1) is 28.6. The van der Waals surface area contributed by atoms with E-state index in [0.717, 1.165) is 0 Å². The van der Waals surface area contributed by atoms with E-state index in [0.29, 0.717) is 0 Å². The van der Waals surface area contributed by atoms with E-state index in [9.17, 15) is 0 Å². The molecule has 5 aromatic rings. The molecule has 0 bridgehead atoms. The largest absolute Gasteiger partial charge is 0.0561 e.